The standard InChI is InChI=1S/C14H31N3O2S/c1-5-14(6-2,12-15)17(7-3)20(18,19)16-10-8-9-13(4)11-16/h13H,5-12,15H2,1-4H3. The number of nitrogens with two attached hydrogens (primary N) is 1. The van der Waals surface area contributed by atoms with Crippen molar-refractivity contribution in [2.45, 2.75) is 58.9 Å². The van der Waals surface area contributed by atoms with Gasteiger partial charge in [-0.05, 0) is 31.6 Å². The second kappa shape index (κ2) is 7.20. The summed E-state index contributed by atoms with van der Waals surface area (Å²) in [5.41, 5.74) is 5.48. The highest BCUT2D eigenvalue weighted by molar-refractivity contribution is 7.86. The van der Waals surface area contributed by atoms with Crippen LogP contribution in [-0.2, 0) is 10.2 Å². The van der Waals surface area contributed by atoms with Crippen molar-refractivity contribution in [2.24, 2.45) is 11.7 Å². The molecule has 0 radical (unpaired) electrons. The Morgan fingerprint density at radius 2 is 1.90 bits per heavy atom. The van der Waals surface area contributed by atoms with Gasteiger partial charge in [-0.3, -0.25) is 0 Å². The molecule has 0 aliphatic carbocycles. The minimum absolute atomic E-state index is 0.371. The molecule has 1 unspecified atom stereocenters. The average molecular weight is 305 g/mol. The molecular weight excluding hydrogens is 274 g/mol. The van der Waals surface area contributed by atoms with Gasteiger partial charge in [0.15, 0.2) is 0 Å². The number of hydrogen-bond acceptors (Lipinski definition) is 3. The molecule has 6 heteroatoms. The van der Waals surface area contributed by atoms with Gasteiger partial charge in [0.2, 0.25) is 0 Å². The van der Waals surface area contributed by atoms with Gasteiger partial charge in [-0.15, -0.1) is 0 Å². The maximum atomic E-state index is 13.0. The third-order valence-electron chi connectivity index (χ3n) is 4.74. The number of hydrogen-bond donors (Lipinski definition) is 1. The Kier molecular flexibility index (Phi) is 6.44. The molecule has 1 fully saturated rings. The average Bonchev–Trinajstić information content (AvgIpc) is 2.44. The van der Waals surface area contributed by atoms with Crippen LogP contribution in [0, 0.1) is 5.92 Å². The molecule has 2 N–H and O–H groups in total. The first-order valence-electron chi connectivity index (χ1n) is 7.85. The second-order valence-electron chi connectivity index (χ2n) is 5.91. The molecule has 0 bridgehead atoms. The number of rotatable bonds is 7. The summed E-state index contributed by atoms with van der Waals surface area (Å²) in [6.07, 6.45) is 3.56. The molecule has 1 aliphatic heterocycles. The Morgan fingerprint density at radius 3 is 2.30 bits per heavy atom. The summed E-state index contributed by atoms with van der Waals surface area (Å²) >= 11 is 0. The van der Waals surface area contributed by atoms with Crippen LogP contribution in [0.2, 0.25) is 0 Å². The van der Waals surface area contributed by atoms with Crippen molar-refractivity contribution in [3.05, 3.63) is 0 Å². The lowest BCUT2D eigenvalue weighted by atomic mass is 9.93. The monoisotopic (exact) mass is 305 g/mol. The molecule has 0 aromatic carbocycles. The molecule has 0 aromatic rings. The summed E-state index contributed by atoms with van der Waals surface area (Å²) in [6, 6.07) is 0. The topological polar surface area (TPSA) is 66.6 Å². The van der Waals surface area contributed by atoms with Crippen LogP contribution in [0.1, 0.15) is 53.4 Å². The number of likely N-dealkylation sites (N-methyl/N-ethyl adjacent to an activating group) is 1. The van der Waals surface area contributed by atoms with Crippen molar-refractivity contribution in [3.63, 3.8) is 0 Å². The maximum absolute atomic E-state index is 13.0. The number of piperidine rings is 1. The van der Waals surface area contributed by atoms with E-state index in [9.17, 15) is 8.42 Å². The van der Waals surface area contributed by atoms with E-state index < -0.39 is 15.7 Å². The van der Waals surface area contributed by atoms with E-state index in [0.717, 1.165) is 25.7 Å². The van der Waals surface area contributed by atoms with Crippen LogP contribution >= 0.6 is 0 Å². The van der Waals surface area contributed by atoms with Crippen LogP contribution in [0.3, 0.4) is 0 Å². The predicted octanol–water partition coefficient (Wildman–Crippen LogP) is 1.80. The van der Waals surface area contributed by atoms with Crippen molar-refractivity contribution in [1.29, 1.82) is 0 Å². The van der Waals surface area contributed by atoms with Crippen molar-refractivity contribution in [3.8, 4) is 0 Å². The van der Waals surface area contributed by atoms with E-state index >= 15 is 0 Å². The highest BCUT2D eigenvalue weighted by atomic mass is 32.2. The fraction of sp³-hybridized carbons (Fsp3) is 1.00. The molecule has 5 nitrogen and oxygen atoms in total. The van der Waals surface area contributed by atoms with Crippen LogP contribution in [0.15, 0.2) is 0 Å². The van der Waals surface area contributed by atoms with E-state index in [-0.39, 0.29) is 0 Å². The summed E-state index contributed by atoms with van der Waals surface area (Å²) < 4.78 is 29.3. The summed E-state index contributed by atoms with van der Waals surface area (Å²) in [6.45, 7) is 10.2. The zero-order chi connectivity index (χ0) is 15.4. The smallest absolute Gasteiger partial charge is 0.282 e. The summed E-state index contributed by atoms with van der Waals surface area (Å²) in [5.74, 6) is 0.438. The molecule has 1 heterocycles. The first-order chi connectivity index (χ1) is 9.37. The quantitative estimate of drug-likeness (QED) is 0.780. The third-order valence-corrected chi connectivity index (χ3v) is 6.92. The first kappa shape index (κ1) is 17.9. The van der Waals surface area contributed by atoms with Crippen molar-refractivity contribution in [2.75, 3.05) is 26.2 Å². The minimum Gasteiger partial charge on any atom is -0.329 e. The van der Waals surface area contributed by atoms with E-state index in [1.165, 1.54) is 0 Å². The Morgan fingerprint density at radius 1 is 1.30 bits per heavy atom. The van der Waals surface area contributed by atoms with E-state index in [1.807, 2.05) is 20.8 Å². The molecule has 0 spiro atoms. The van der Waals surface area contributed by atoms with Crippen LogP contribution in [0.4, 0.5) is 0 Å². The Bertz CT molecular complexity index is 385. The molecular formula is C14H31N3O2S. The van der Waals surface area contributed by atoms with E-state index in [0.29, 0.717) is 32.1 Å². The lowest BCUT2D eigenvalue weighted by Crippen LogP contribution is -2.60. The lowest BCUT2D eigenvalue weighted by Gasteiger charge is -2.44. The normalized spacial score (nSPS) is 22.4. The molecule has 1 saturated heterocycles. The lowest BCUT2D eigenvalue weighted by molar-refractivity contribution is 0.162. The van der Waals surface area contributed by atoms with Gasteiger partial charge in [0.25, 0.3) is 10.2 Å². The van der Waals surface area contributed by atoms with Gasteiger partial charge in [0, 0.05) is 31.7 Å². The molecule has 0 aromatic heterocycles. The van der Waals surface area contributed by atoms with Crippen molar-refractivity contribution >= 4 is 10.2 Å². The van der Waals surface area contributed by atoms with Crippen LogP contribution in [0.5, 0.6) is 0 Å². The van der Waals surface area contributed by atoms with E-state index in [1.54, 1.807) is 8.61 Å². The molecule has 1 rings (SSSR count). The summed E-state index contributed by atoms with van der Waals surface area (Å²) in [7, 11) is -3.41. The Hall–Kier alpha value is -0.170. The van der Waals surface area contributed by atoms with Gasteiger partial charge in [-0.25, -0.2) is 0 Å². The molecule has 20 heavy (non-hydrogen) atoms. The zero-order valence-corrected chi connectivity index (χ0v) is 14.2. The minimum atomic E-state index is -3.41. The van der Waals surface area contributed by atoms with Crippen molar-refractivity contribution < 1.29 is 8.42 Å². The van der Waals surface area contributed by atoms with Crippen LogP contribution in [-0.4, -0.2) is 48.7 Å². The SMILES string of the molecule is CCN(C(CC)(CC)CN)S(=O)(=O)N1CCCC(C)C1. The van der Waals surface area contributed by atoms with E-state index in [4.69, 9.17) is 5.73 Å². The molecule has 120 valence electrons. The van der Waals surface area contributed by atoms with Gasteiger partial charge >= 0.3 is 0 Å². The van der Waals surface area contributed by atoms with Gasteiger partial charge < -0.3 is 5.73 Å². The van der Waals surface area contributed by atoms with E-state index in [2.05, 4.69) is 6.92 Å². The summed E-state index contributed by atoms with van der Waals surface area (Å²) in [5, 5.41) is 0. The van der Waals surface area contributed by atoms with Crippen molar-refractivity contribution in [1.82, 2.24) is 8.61 Å². The van der Waals surface area contributed by atoms with Crippen LogP contribution < -0.4 is 5.73 Å². The van der Waals surface area contributed by atoms with Crippen LogP contribution in [0.25, 0.3) is 0 Å². The third kappa shape index (κ3) is 3.35. The maximum Gasteiger partial charge on any atom is 0.282 e. The number of nitrogens with zero attached hydrogens (tertiary/aromatic N) is 2. The highest BCUT2D eigenvalue weighted by Gasteiger charge is 2.42. The van der Waals surface area contributed by atoms with Gasteiger partial charge in [0.1, 0.15) is 0 Å². The fourth-order valence-electron chi connectivity index (χ4n) is 3.23. The molecule has 0 saturated carbocycles. The fourth-order valence-corrected chi connectivity index (χ4v) is 5.46. The van der Waals surface area contributed by atoms with Gasteiger partial charge in [-0.2, -0.15) is 17.0 Å². The molecule has 1 atom stereocenters. The summed E-state index contributed by atoms with van der Waals surface area (Å²) in [4.78, 5) is 0. The molecule has 1 aliphatic rings. The largest absolute Gasteiger partial charge is 0.329 e. The molecule has 0 amide bonds. The predicted molar refractivity (Wildman–Crippen MR) is 83.6 cm³/mol. The van der Waals surface area contributed by atoms with Gasteiger partial charge in [-0.1, -0.05) is 27.7 Å². The van der Waals surface area contributed by atoms with Gasteiger partial charge in [0.05, 0.1) is 0 Å². The highest BCUT2D eigenvalue weighted by Crippen LogP contribution is 2.29. The zero-order valence-electron chi connectivity index (χ0n) is 13.4. The Labute approximate surface area is 124 Å². The first-order valence-corrected chi connectivity index (χ1v) is 9.25. The Balaban J connectivity index is 3.08. The second-order valence-corrected chi connectivity index (χ2v) is 7.77.